The van der Waals surface area contributed by atoms with Crippen molar-refractivity contribution in [3.8, 4) is 0 Å². The van der Waals surface area contributed by atoms with Crippen LogP contribution in [0, 0.1) is 5.92 Å². The predicted molar refractivity (Wildman–Crippen MR) is 67.1 cm³/mol. The standard InChI is InChI=1S/C13H23NO4/c1-9-6-7-14(10(8-9)11(15)17-5)12(16)18-13(2,3)4/h9-10H,6-8H2,1-5H3. The van der Waals surface area contributed by atoms with E-state index in [4.69, 9.17) is 9.47 Å². The Morgan fingerprint density at radius 3 is 2.39 bits per heavy atom. The van der Waals surface area contributed by atoms with E-state index in [0.717, 1.165) is 6.42 Å². The van der Waals surface area contributed by atoms with Gasteiger partial charge in [0.2, 0.25) is 0 Å². The molecule has 104 valence electrons. The van der Waals surface area contributed by atoms with E-state index in [1.165, 1.54) is 12.0 Å². The quantitative estimate of drug-likeness (QED) is 0.676. The topological polar surface area (TPSA) is 55.8 Å². The lowest BCUT2D eigenvalue weighted by atomic mass is 9.93. The summed E-state index contributed by atoms with van der Waals surface area (Å²) in [7, 11) is 1.34. The molecular weight excluding hydrogens is 234 g/mol. The third kappa shape index (κ3) is 3.89. The summed E-state index contributed by atoms with van der Waals surface area (Å²) in [5, 5.41) is 0. The molecule has 1 heterocycles. The molecule has 0 aromatic rings. The fraction of sp³-hybridized carbons (Fsp3) is 0.846. The molecule has 1 amide bonds. The SMILES string of the molecule is COC(=O)C1CC(C)CCN1C(=O)OC(C)(C)C. The maximum atomic E-state index is 12.0. The van der Waals surface area contributed by atoms with Gasteiger partial charge in [0, 0.05) is 6.54 Å². The molecule has 0 saturated carbocycles. The summed E-state index contributed by atoms with van der Waals surface area (Å²) >= 11 is 0. The number of piperidine rings is 1. The minimum atomic E-state index is -0.555. The molecule has 1 fully saturated rings. The summed E-state index contributed by atoms with van der Waals surface area (Å²) < 4.78 is 10.1. The van der Waals surface area contributed by atoms with Crippen molar-refractivity contribution in [1.82, 2.24) is 4.90 Å². The summed E-state index contributed by atoms with van der Waals surface area (Å²) in [6.45, 7) is 8.04. The Hall–Kier alpha value is -1.26. The highest BCUT2D eigenvalue weighted by atomic mass is 16.6. The van der Waals surface area contributed by atoms with Crippen molar-refractivity contribution in [3.63, 3.8) is 0 Å². The molecule has 0 aromatic heterocycles. The molecule has 1 aliphatic rings. The predicted octanol–water partition coefficient (Wildman–Crippen LogP) is 2.20. The second-order valence-corrected chi connectivity index (χ2v) is 5.84. The first-order valence-electron chi connectivity index (χ1n) is 6.32. The number of esters is 1. The Balaban J connectivity index is 2.77. The van der Waals surface area contributed by atoms with Crippen molar-refractivity contribution in [2.75, 3.05) is 13.7 Å². The molecule has 5 heteroatoms. The van der Waals surface area contributed by atoms with Gasteiger partial charge in [-0.1, -0.05) is 6.92 Å². The first kappa shape index (κ1) is 14.8. The highest BCUT2D eigenvalue weighted by Crippen LogP contribution is 2.25. The van der Waals surface area contributed by atoms with Crippen molar-refractivity contribution in [1.29, 1.82) is 0 Å². The van der Waals surface area contributed by atoms with Crippen LogP contribution >= 0.6 is 0 Å². The van der Waals surface area contributed by atoms with E-state index in [-0.39, 0.29) is 5.97 Å². The number of likely N-dealkylation sites (tertiary alicyclic amines) is 1. The van der Waals surface area contributed by atoms with E-state index >= 15 is 0 Å². The Bertz CT molecular complexity index is 321. The van der Waals surface area contributed by atoms with Crippen LogP contribution in [0.2, 0.25) is 0 Å². The van der Waals surface area contributed by atoms with Crippen LogP contribution in [0.25, 0.3) is 0 Å². The lowest BCUT2D eigenvalue weighted by molar-refractivity contribution is -0.148. The van der Waals surface area contributed by atoms with Gasteiger partial charge in [0.25, 0.3) is 0 Å². The molecule has 2 atom stereocenters. The summed E-state index contributed by atoms with van der Waals surface area (Å²) in [5.41, 5.74) is -0.555. The normalized spacial score (nSPS) is 24.6. The van der Waals surface area contributed by atoms with E-state index in [9.17, 15) is 9.59 Å². The monoisotopic (exact) mass is 257 g/mol. The zero-order valence-corrected chi connectivity index (χ0v) is 11.9. The van der Waals surface area contributed by atoms with E-state index in [1.54, 1.807) is 0 Å². The molecule has 0 radical (unpaired) electrons. The van der Waals surface area contributed by atoms with Crippen LogP contribution in [-0.2, 0) is 14.3 Å². The van der Waals surface area contributed by atoms with Crippen LogP contribution in [0.3, 0.4) is 0 Å². The van der Waals surface area contributed by atoms with E-state index in [0.29, 0.717) is 18.9 Å². The van der Waals surface area contributed by atoms with Gasteiger partial charge < -0.3 is 9.47 Å². The van der Waals surface area contributed by atoms with Gasteiger partial charge in [-0.15, -0.1) is 0 Å². The summed E-state index contributed by atoms with van der Waals surface area (Å²) in [4.78, 5) is 25.3. The van der Waals surface area contributed by atoms with Gasteiger partial charge in [-0.3, -0.25) is 4.90 Å². The second-order valence-electron chi connectivity index (χ2n) is 5.84. The molecular formula is C13H23NO4. The van der Waals surface area contributed by atoms with Crippen LogP contribution < -0.4 is 0 Å². The number of hydrogen-bond acceptors (Lipinski definition) is 4. The molecule has 1 saturated heterocycles. The third-order valence-corrected chi connectivity index (χ3v) is 2.97. The number of hydrogen-bond donors (Lipinski definition) is 0. The van der Waals surface area contributed by atoms with E-state index in [2.05, 4.69) is 6.92 Å². The molecule has 2 unspecified atom stereocenters. The van der Waals surface area contributed by atoms with Crippen LogP contribution in [-0.4, -0.2) is 42.3 Å². The van der Waals surface area contributed by atoms with Crippen molar-refractivity contribution in [2.45, 2.75) is 52.2 Å². The lowest BCUT2D eigenvalue weighted by Crippen LogP contribution is -2.51. The maximum absolute atomic E-state index is 12.0. The molecule has 0 aliphatic carbocycles. The zero-order chi connectivity index (χ0) is 13.9. The van der Waals surface area contributed by atoms with Crippen LogP contribution in [0.5, 0.6) is 0 Å². The number of ether oxygens (including phenoxy) is 2. The van der Waals surface area contributed by atoms with Gasteiger partial charge in [0.1, 0.15) is 11.6 Å². The van der Waals surface area contributed by atoms with Gasteiger partial charge in [-0.2, -0.15) is 0 Å². The van der Waals surface area contributed by atoms with Gasteiger partial charge >= 0.3 is 12.1 Å². The van der Waals surface area contributed by atoms with Gasteiger partial charge in [-0.05, 0) is 39.5 Å². The first-order chi connectivity index (χ1) is 8.24. The molecule has 5 nitrogen and oxygen atoms in total. The number of carbonyl (C=O) groups is 2. The Morgan fingerprint density at radius 2 is 1.89 bits per heavy atom. The van der Waals surface area contributed by atoms with Crippen LogP contribution in [0.4, 0.5) is 4.79 Å². The minimum absolute atomic E-state index is 0.368. The zero-order valence-electron chi connectivity index (χ0n) is 11.9. The highest BCUT2D eigenvalue weighted by Gasteiger charge is 2.37. The second kappa shape index (κ2) is 5.59. The van der Waals surface area contributed by atoms with Gasteiger partial charge in [0.05, 0.1) is 7.11 Å². The Kier molecular flexibility index (Phi) is 4.59. The smallest absolute Gasteiger partial charge is 0.411 e. The van der Waals surface area contributed by atoms with E-state index < -0.39 is 17.7 Å². The number of amides is 1. The average Bonchev–Trinajstić information content (AvgIpc) is 2.25. The summed E-state index contributed by atoms with van der Waals surface area (Å²) in [6.07, 6.45) is 1.07. The van der Waals surface area contributed by atoms with Crippen molar-refractivity contribution >= 4 is 12.1 Å². The maximum Gasteiger partial charge on any atom is 0.411 e. The molecule has 0 spiro atoms. The molecule has 1 rings (SSSR count). The largest absolute Gasteiger partial charge is 0.467 e. The number of rotatable bonds is 1. The molecule has 0 bridgehead atoms. The van der Waals surface area contributed by atoms with Crippen molar-refractivity contribution in [2.24, 2.45) is 5.92 Å². The van der Waals surface area contributed by atoms with Crippen molar-refractivity contribution in [3.05, 3.63) is 0 Å². The summed E-state index contributed by atoms with van der Waals surface area (Å²) in [5.74, 6) is 0.0418. The Morgan fingerprint density at radius 1 is 1.28 bits per heavy atom. The fourth-order valence-corrected chi connectivity index (χ4v) is 2.04. The molecule has 0 aromatic carbocycles. The van der Waals surface area contributed by atoms with Gasteiger partial charge in [-0.25, -0.2) is 9.59 Å². The van der Waals surface area contributed by atoms with Crippen LogP contribution in [0.1, 0.15) is 40.5 Å². The van der Waals surface area contributed by atoms with E-state index in [1.807, 2.05) is 20.8 Å². The Labute approximate surface area is 108 Å². The molecule has 18 heavy (non-hydrogen) atoms. The summed E-state index contributed by atoms with van der Waals surface area (Å²) in [6, 6.07) is -0.520. The highest BCUT2D eigenvalue weighted by molar-refractivity contribution is 5.81. The number of methoxy groups -OCH3 is 1. The minimum Gasteiger partial charge on any atom is -0.467 e. The third-order valence-electron chi connectivity index (χ3n) is 2.97. The molecule has 0 N–H and O–H groups in total. The molecule has 1 aliphatic heterocycles. The first-order valence-corrected chi connectivity index (χ1v) is 6.32. The number of nitrogens with zero attached hydrogens (tertiary/aromatic N) is 1. The number of carbonyl (C=O) groups excluding carboxylic acids is 2. The van der Waals surface area contributed by atoms with Gasteiger partial charge in [0.15, 0.2) is 0 Å². The van der Waals surface area contributed by atoms with Crippen molar-refractivity contribution < 1.29 is 19.1 Å². The fourth-order valence-electron chi connectivity index (χ4n) is 2.04. The lowest BCUT2D eigenvalue weighted by Gasteiger charge is -2.37. The van der Waals surface area contributed by atoms with Crippen LogP contribution in [0.15, 0.2) is 0 Å². The average molecular weight is 257 g/mol.